The van der Waals surface area contributed by atoms with E-state index < -0.39 is 15.1 Å². The summed E-state index contributed by atoms with van der Waals surface area (Å²) in [4.78, 5) is 11.3. The second kappa shape index (κ2) is 11.5. The number of nitrogens with one attached hydrogen (secondary N) is 3. The summed E-state index contributed by atoms with van der Waals surface area (Å²) in [5.74, 6) is 1.24. The number of hydrogen-bond donors (Lipinski definition) is 3. The summed E-state index contributed by atoms with van der Waals surface area (Å²) in [7, 11) is 0.119. The molecule has 1 fully saturated rings. The lowest BCUT2D eigenvalue weighted by molar-refractivity contribution is 0.415. The molecule has 0 amide bonds. The van der Waals surface area contributed by atoms with Gasteiger partial charge in [0.25, 0.3) is 0 Å². The number of methoxy groups -OCH3 is 1. The highest BCUT2D eigenvalue weighted by Crippen LogP contribution is 2.34. The molecule has 1 aliphatic rings. The number of nitrogens with zero attached hydrogens (tertiary/aromatic N) is 3. The molecule has 0 bridgehead atoms. The van der Waals surface area contributed by atoms with Crippen molar-refractivity contribution in [3.8, 4) is 5.75 Å². The van der Waals surface area contributed by atoms with Gasteiger partial charge >= 0.3 is 0 Å². The fourth-order valence-corrected chi connectivity index (χ4v) is 5.58. The van der Waals surface area contributed by atoms with E-state index in [0.29, 0.717) is 23.2 Å². The molecule has 0 unspecified atom stereocenters. The summed E-state index contributed by atoms with van der Waals surface area (Å²) in [6.45, 7) is 5.25. The van der Waals surface area contributed by atoms with Crippen molar-refractivity contribution in [2.45, 2.75) is 42.9 Å². The van der Waals surface area contributed by atoms with Crippen LogP contribution in [0.15, 0.2) is 53.6 Å². The number of hydrogen-bond acceptors (Lipinski definition) is 9. The summed E-state index contributed by atoms with van der Waals surface area (Å²) in [6, 6.07) is 13.2. The van der Waals surface area contributed by atoms with Crippen molar-refractivity contribution in [3.05, 3.63) is 53.7 Å². The standard InChI is InChI=1S/C26H33ClN6O3S/c1-17(2)37(34,35)24-8-6-5-7-22(24)30-25-20(27)16-29-26(32-25)31-21-10-9-19(15-23(21)36-4)33-13-11-18(28-3)12-14-33/h5-10,15-18,28H,11-14H2,1-4H3,(H2,29,30,31,32). The molecule has 9 nitrogen and oxygen atoms in total. The van der Waals surface area contributed by atoms with E-state index in [-0.39, 0.29) is 21.7 Å². The Hall–Kier alpha value is -3.08. The van der Waals surface area contributed by atoms with E-state index >= 15 is 0 Å². The van der Waals surface area contributed by atoms with Crippen LogP contribution in [0.25, 0.3) is 0 Å². The third-order valence-electron chi connectivity index (χ3n) is 6.51. The van der Waals surface area contributed by atoms with Gasteiger partial charge in [0.2, 0.25) is 5.95 Å². The van der Waals surface area contributed by atoms with Gasteiger partial charge in [-0.15, -0.1) is 0 Å². The quantitative estimate of drug-likeness (QED) is 0.343. The molecule has 0 spiro atoms. The minimum Gasteiger partial charge on any atom is -0.494 e. The van der Waals surface area contributed by atoms with Crippen molar-refractivity contribution < 1.29 is 13.2 Å². The molecule has 2 heterocycles. The second-order valence-electron chi connectivity index (χ2n) is 9.16. The molecule has 4 rings (SSSR count). The molecular formula is C26H33ClN6O3S. The highest BCUT2D eigenvalue weighted by Gasteiger charge is 2.23. The summed E-state index contributed by atoms with van der Waals surface area (Å²) in [6.07, 6.45) is 3.65. The van der Waals surface area contributed by atoms with Crippen LogP contribution in [0.3, 0.4) is 0 Å². The Balaban J connectivity index is 1.56. The summed E-state index contributed by atoms with van der Waals surface area (Å²) >= 11 is 6.36. The highest BCUT2D eigenvalue weighted by molar-refractivity contribution is 7.92. The Bertz CT molecular complexity index is 1340. The molecule has 2 aromatic carbocycles. The Morgan fingerprint density at radius 1 is 1.08 bits per heavy atom. The van der Waals surface area contributed by atoms with Crippen LogP contribution in [-0.4, -0.2) is 56.9 Å². The van der Waals surface area contributed by atoms with Crippen LogP contribution in [0.4, 0.5) is 28.8 Å². The van der Waals surface area contributed by atoms with Crippen LogP contribution < -0.4 is 25.6 Å². The average molecular weight is 545 g/mol. The first-order valence-corrected chi connectivity index (χ1v) is 14.1. The van der Waals surface area contributed by atoms with Crippen LogP contribution in [-0.2, 0) is 9.84 Å². The number of aromatic nitrogens is 2. The Kier molecular flexibility index (Phi) is 8.41. The van der Waals surface area contributed by atoms with E-state index in [1.165, 1.54) is 6.20 Å². The number of piperidine rings is 1. The number of para-hydroxylation sites is 1. The maximum absolute atomic E-state index is 12.8. The number of sulfone groups is 1. The topological polar surface area (TPSA) is 108 Å². The Morgan fingerprint density at radius 3 is 2.49 bits per heavy atom. The van der Waals surface area contributed by atoms with Crippen molar-refractivity contribution >= 4 is 50.3 Å². The van der Waals surface area contributed by atoms with Gasteiger partial charge < -0.3 is 25.6 Å². The molecule has 0 atom stereocenters. The van der Waals surface area contributed by atoms with Gasteiger partial charge in [0.05, 0.1) is 34.8 Å². The van der Waals surface area contributed by atoms with Crippen molar-refractivity contribution in [1.29, 1.82) is 0 Å². The molecule has 3 aromatic rings. The lowest BCUT2D eigenvalue weighted by Gasteiger charge is -2.33. The molecule has 1 saturated heterocycles. The van der Waals surface area contributed by atoms with Gasteiger partial charge in [-0.25, -0.2) is 13.4 Å². The van der Waals surface area contributed by atoms with Crippen molar-refractivity contribution in [3.63, 3.8) is 0 Å². The first kappa shape index (κ1) is 27.0. The van der Waals surface area contributed by atoms with Crippen LogP contribution in [0.5, 0.6) is 5.75 Å². The van der Waals surface area contributed by atoms with Gasteiger partial charge in [-0.3, -0.25) is 0 Å². The zero-order valence-electron chi connectivity index (χ0n) is 21.5. The number of ether oxygens (including phenoxy) is 1. The fourth-order valence-electron chi connectivity index (χ4n) is 4.24. The predicted octanol–water partition coefficient (Wildman–Crippen LogP) is 5.00. The lowest BCUT2D eigenvalue weighted by Crippen LogP contribution is -2.41. The van der Waals surface area contributed by atoms with Gasteiger partial charge in [-0.2, -0.15) is 4.98 Å². The van der Waals surface area contributed by atoms with Gasteiger partial charge in [0.1, 0.15) is 10.8 Å². The van der Waals surface area contributed by atoms with Crippen LogP contribution >= 0.6 is 11.6 Å². The minimum atomic E-state index is -3.52. The summed E-state index contributed by atoms with van der Waals surface area (Å²) in [5, 5.41) is 9.31. The van der Waals surface area contributed by atoms with E-state index in [1.54, 1.807) is 45.2 Å². The molecule has 11 heteroatoms. The largest absolute Gasteiger partial charge is 0.494 e. The van der Waals surface area contributed by atoms with Crippen molar-refractivity contribution in [1.82, 2.24) is 15.3 Å². The van der Waals surface area contributed by atoms with Gasteiger partial charge in [-0.05, 0) is 58.0 Å². The lowest BCUT2D eigenvalue weighted by atomic mass is 10.0. The fraction of sp³-hybridized carbons (Fsp3) is 0.385. The number of benzene rings is 2. The normalized spacial score (nSPS) is 14.6. The maximum Gasteiger partial charge on any atom is 0.229 e. The number of halogens is 1. The molecule has 3 N–H and O–H groups in total. The molecular weight excluding hydrogens is 512 g/mol. The van der Waals surface area contributed by atoms with E-state index in [0.717, 1.165) is 31.6 Å². The maximum atomic E-state index is 12.8. The zero-order chi connectivity index (χ0) is 26.6. The van der Waals surface area contributed by atoms with Crippen molar-refractivity contribution in [2.24, 2.45) is 0 Å². The number of rotatable bonds is 9. The van der Waals surface area contributed by atoms with E-state index in [4.69, 9.17) is 16.3 Å². The average Bonchev–Trinajstić information content (AvgIpc) is 2.91. The third kappa shape index (κ3) is 6.08. The predicted molar refractivity (Wildman–Crippen MR) is 150 cm³/mol. The van der Waals surface area contributed by atoms with Crippen LogP contribution in [0, 0.1) is 0 Å². The second-order valence-corrected chi connectivity index (χ2v) is 12.0. The monoisotopic (exact) mass is 544 g/mol. The van der Waals surface area contributed by atoms with Gasteiger partial charge in [-0.1, -0.05) is 23.7 Å². The van der Waals surface area contributed by atoms with Crippen LogP contribution in [0.2, 0.25) is 5.02 Å². The van der Waals surface area contributed by atoms with Gasteiger partial charge in [0.15, 0.2) is 15.7 Å². The third-order valence-corrected chi connectivity index (χ3v) is 9.00. The number of anilines is 5. The van der Waals surface area contributed by atoms with Gasteiger partial charge in [0, 0.05) is 30.9 Å². The molecule has 37 heavy (non-hydrogen) atoms. The SMILES string of the molecule is CNC1CCN(c2ccc(Nc3ncc(Cl)c(Nc4ccccc4S(=O)(=O)C(C)C)n3)c(OC)c2)CC1. The molecule has 1 aromatic heterocycles. The summed E-state index contributed by atoms with van der Waals surface area (Å²) in [5.41, 5.74) is 2.19. The first-order valence-electron chi connectivity index (χ1n) is 12.2. The Labute approximate surface area is 223 Å². The highest BCUT2D eigenvalue weighted by atomic mass is 35.5. The first-order chi connectivity index (χ1) is 17.7. The minimum absolute atomic E-state index is 0.185. The Morgan fingerprint density at radius 2 is 1.81 bits per heavy atom. The summed E-state index contributed by atoms with van der Waals surface area (Å²) < 4.78 is 31.3. The molecule has 0 aliphatic carbocycles. The molecule has 0 saturated carbocycles. The van der Waals surface area contributed by atoms with E-state index in [1.807, 2.05) is 25.2 Å². The van der Waals surface area contributed by atoms with Crippen LogP contribution in [0.1, 0.15) is 26.7 Å². The van der Waals surface area contributed by atoms with Crippen molar-refractivity contribution in [2.75, 3.05) is 42.8 Å². The molecule has 198 valence electrons. The molecule has 1 aliphatic heterocycles. The van der Waals surface area contributed by atoms with E-state index in [9.17, 15) is 8.42 Å². The zero-order valence-corrected chi connectivity index (χ0v) is 23.0. The molecule has 0 radical (unpaired) electrons. The van der Waals surface area contributed by atoms with E-state index in [2.05, 4.69) is 30.8 Å². The smallest absolute Gasteiger partial charge is 0.229 e.